The first-order valence-corrected chi connectivity index (χ1v) is 13.4. The Bertz CT molecular complexity index is 1250. The van der Waals surface area contributed by atoms with E-state index in [0.717, 1.165) is 23.4 Å². The zero-order valence-corrected chi connectivity index (χ0v) is 22.5. The minimum Gasteiger partial charge on any atom is -0.492 e. The molecule has 3 aromatic carbocycles. The highest BCUT2D eigenvalue weighted by molar-refractivity contribution is 7.56. The molecule has 0 aliphatic heterocycles. The van der Waals surface area contributed by atoms with Gasteiger partial charge in [-0.2, -0.15) is 0 Å². The molecule has 0 radical (unpaired) electrons. The number of allylic oxidation sites excluding steroid dienone is 3. The second-order valence-corrected chi connectivity index (χ2v) is 11.6. The first-order valence-electron chi connectivity index (χ1n) is 12.4. The molecule has 0 bridgehead atoms. The molecule has 0 spiro atoms. The van der Waals surface area contributed by atoms with Crippen molar-refractivity contribution in [2.24, 2.45) is 10.9 Å². The van der Waals surface area contributed by atoms with Crippen LogP contribution >= 0.6 is 8.58 Å². The van der Waals surface area contributed by atoms with Gasteiger partial charge in [-0.1, -0.05) is 96.1 Å². The highest BCUT2D eigenvalue weighted by Crippen LogP contribution is 2.35. The van der Waals surface area contributed by atoms with Gasteiger partial charge in [0.05, 0.1) is 12.3 Å². The van der Waals surface area contributed by atoms with Gasteiger partial charge in [0, 0.05) is 28.6 Å². The van der Waals surface area contributed by atoms with Crippen LogP contribution in [0.3, 0.4) is 0 Å². The smallest absolute Gasteiger partial charge is 0.130 e. The van der Waals surface area contributed by atoms with Gasteiger partial charge in [-0.15, -0.1) is 0 Å². The zero-order chi connectivity index (χ0) is 24.8. The molecule has 3 heteroatoms. The Labute approximate surface area is 212 Å². The first-order chi connectivity index (χ1) is 16.8. The third kappa shape index (κ3) is 6.59. The fraction of sp³-hybridized carbons (Fsp3) is 0.281. The molecule has 1 aliphatic carbocycles. The van der Waals surface area contributed by atoms with Crippen LogP contribution in [-0.2, 0) is 5.41 Å². The van der Waals surface area contributed by atoms with E-state index in [-0.39, 0.29) is 5.41 Å². The number of nitrogens with zero attached hydrogens (tertiary/aromatic N) is 1. The molecule has 0 N–H and O–H groups in total. The Balaban J connectivity index is 1.72. The number of rotatable bonds is 7. The topological polar surface area (TPSA) is 21.6 Å². The molecule has 180 valence electrons. The lowest BCUT2D eigenvalue weighted by molar-refractivity contribution is 0.271. The minimum atomic E-state index is -0.00772. The molecule has 35 heavy (non-hydrogen) atoms. The van der Waals surface area contributed by atoms with E-state index >= 15 is 0 Å². The maximum Gasteiger partial charge on any atom is 0.130 e. The average molecular weight is 482 g/mol. The molecule has 2 unspecified atom stereocenters. The molecule has 0 heterocycles. The molecule has 0 saturated heterocycles. The molecule has 4 rings (SSSR count). The van der Waals surface area contributed by atoms with Gasteiger partial charge < -0.3 is 4.74 Å². The summed E-state index contributed by atoms with van der Waals surface area (Å²) in [5, 5.41) is 2.59. The maximum absolute atomic E-state index is 6.66. The van der Waals surface area contributed by atoms with E-state index in [0.29, 0.717) is 21.1 Å². The highest BCUT2D eigenvalue weighted by atomic mass is 31.1. The third-order valence-electron chi connectivity index (χ3n) is 6.23. The Hall–Kier alpha value is -2.96. The lowest BCUT2D eigenvalue weighted by Crippen LogP contribution is -2.22. The second kappa shape index (κ2) is 11.2. The van der Waals surface area contributed by atoms with Crippen molar-refractivity contribution in [3.63, 3.8) is 0 Å². The van der Waals surface area contributed by atoms with Gasteiger partial charge in [0.15, 0.2) is 0 Å². The fourth-order valence-corrected chi connectivity index (χ4v) is 5.75. The van der Waals surface area contributed by atoms with Crippen molar-refractivity contribution in [3.05, 3.63) is 107 Å². The molecule has 0 fully saturated rings. The summed E-state index contributed by atoms with van der Waals surface area (Å²) in [5.74, 6) is 1.47. The van der Waals surface area contributed by atoms with Crippen LogP contribution in [-0.4, -0.2) is 12.8 Å². The van der Waals surface area contributed by atoms with Crippen molar-refractivity contribution in [1.82, 2.24) is 0 Å². The molecule has 0 saturated carbocycles. The Kier molecular flexibility index (Phi) is 8.04. The van der Waals surface area contributed by atoms with Crippen molar-refractivity contribution >= 4 is 31.1 Å². The van der Waals surface area contributed by atoms with E-state index in [1.165, 1.54) is 27.3 Å². The van der Waals surface area contributed by atoms with Crippen LogP contribution in [0.1, 0.15) is 49.4 Å². The number of aryl methyl sites for hydroxylation is 2. The molecule has 1 aliphatic rings. The van der Waals surface area contributed by atoms with Gasteiger partial charge in [0.2, 0.25) is 0 Å². The monoisotopic (exact) mass is 481 g/mol. The Morgan fingerprint density at radius 3 is 2.51 bits per heavy atom. The van der Waals surface area contributed by atoms with Gasteiger partial charge in [0.1, 0.15) is 5.75 Å². The van der Waals surface area contributed by atoms with Crippen LogP contribution in [0.15, 0.2) is 90.0 Å². The Morgan fingerprint density at radius 2 is 1.80 bits per heavy atom. The second-order valence-electron chi connectivity index (χ2n) is 10.3. The van der Waals surface area contributed by atoms with Crippen LogP contribution in [0.4, 0.5) is 5.69 Å². The van der Waals surface area contributed by atoms with E-state index < -0.39 is 0 Å². The fourth-order valence-electron chi connectivity index (χ4n) is 4.29. The summed E-state index contributed by atoms with van der Waals surface area (Å²) in [6, 6.07) is 21.2. The molecular weight excluding hydrogens is 445 g/mol. The normalized spacial score (nSPS) is 16.0. The van der Waals surface area contributed by atoms with E-state index in [9.17, 15) is 0 Å². The van der Waals surface area contributed by atoms with E-state index in [2.05, 4.69) is 89.3 Å². The van der Waals surface area contributed by atoms with Crippen LogP contribution in [0.25, 0.3) is 0 Å². The summed E-state index contributed by atoms with van der Waals surface area (Å²) in [7, 11) is 0.483. The summed E-state index contributed by atoms with van der Waals surface area (Å²) in [4.78, 5) is 4.75. The van der Waals surface area contributed by atoms with E-state index in [4.69, 9.17) is 9.73 Å². The number of hydrogen-bond acceptors (Lipinski definition) is 2. The van der Waals surface area contributed by atoms with Gasteiger partial charge in [-0.05, 0) is 60.3 Å². The predicted molar refractivity (Wildman–Crippen MR) is 154 cm³/mol. The standard InChI is InChI=1S/C32H36NOP/c1-23-19-28(32(3,4)5)30(34-22-25-14-8-6-9-15-25)29(20-23)35-31-24(2)13-12-16-26(31)21-33-27-17-10-7-11-18-27/h6-14,16-21,25,35H,15,22H2,1-5H3/b33-21+. The molecule has 0 amide bonds. The van der Waals surface area contributed by atoms with Crippen LogP contribution < -0.4 is 15.3 Å². The zero-order valence-electron chi connectivity index (χ0n) is 21.5. The number of ether oxygens (including phenoxy) is 1. The van der Waals surface area contributed by atoms with Crippen molar-refractivity contribution in [3.8, 4) is 5.75 Å². The van der Waals surface area contributed by atoms with Gasteiger partial charge in [-0.25, -0.2) is 0 Å². The molecule has 3 aromatic rings. The molecule has 0 aromatic heterocycles. The van der Waals surface area contributed by atoms with Gasteiger partial charge >= 0.3 is 0 Å². The first kappa shape index (κ1) is 25.1. The number of benzene rings is 3. The van der Waals surface area contributed by atoms with Crippen LogP contribution in [0.2, 0.25) is 0 Å². The van der Waals surface area contributed by atoms with Crippen molar-refractivity contribution in [1.29, 1.82) is 0 Å². The van der Waals surface area contributed by atoms with Crippen molar-refractivity contribution < 1.29 is 4.74 Å². The van der Waals surface area contributed by atoms with Gasteiger partial charge in [0.25, 0.3) is 0 Å². The molecule has 2 atom stereocenters. The third-order valence-corrected chi connectivity index (χ3v) is 7.80. The summed E-state index contributed by atoms with van der Waals surface area (Å²) >= 11 is 0. The Morgan fingerprint density at radius 1 is 1.00 bits per heavy atom. The summed E-state index contributed by atoms with van der Waals surface area (Å²) in [6.45, 7) is 11.9. The summed E-state index contributed by atoms with van der Waals surface area (Å²) < 4.78 is 6.66. The van der Waals surface area contributed by atoms with Crippen LogP contribution in [0, 0.1) is 19.8 Å². The molecule has 2 nitrogen and oxygen atoms in total. The summed E-state index contributed by atoms with van der Waals surface area (Å²) in [6.07, 6.45) is 11.8. The number of aliphatic imine (C=N–C) groups is 1. The van der Waals surface area contributed by atoms with Crippen LogP contribution in [0.5, 0.6) is 5.75 Å². The van der Waals surface area contributed by atoms with Crippen molar-refractivity contribution in [2.45, 2.75) is 46.5 Å². The predicted octanol–water partition coefficient (Wildman–Crippen LogP) is 7.49. The van der Waals surface area contributed by atoms with Gasteiger partial charge in [-0.3, -0.25) is 4.99 Å². The SMILES string of the molecule is Cc1cc(Pc2c(C)cccc2/C=N/c2ccccc2)c(OCC2C=CC=CC2)c(C(C)(C)C)c1. The molecular formula is C32H36NOP. The summed E-state index contributed by atoms with van der Waals surface area (Å²) in [5.41, 5.74) is 5.96. The van der Waals surface area contributed by atoms with Crippen molar-refractivity contribution in [2.75, 3.05) is 6.61 Å². The van der Waals surface area contributed by atoms with E-state index in [1.54, 1.807) is 0 Å². The number of para-hydroxylation sites is 1. The maximum atomic E-state index is 6.66. The highest BCUT2D eigenvalue weighted by Gasteiger charge is 2.24. The average Bonchev–Trinajstić information content (AvgIpc) is 2.84. The quantitative estimate of drug-likeness (QED) is 0.253. The minimum absolute atomic E-state index is 0.00772. The lowest BCUT2D eigenvalue weighted by atomic mass is 9.85. The largest absolute Gasteiger partial charge is 0.492 e. The number of hydrogen-bond donors (Lipinski definition) is 0. The van der Waals surface area contributed by atoms with E-state index in [1.807, 2.05) is 36.5 Å². The lowest BCUT2D eigenvalue weighted by Gasteiger charge is -2.27.